The first-order valence-corrected chi connectivity index (χ1v) is 9.03. The minimum absolute atomic E-state index is 0.0745. The molecule has 2 heterocycles. The van der Waals surface area contributed by atoms with Gasteiger partial charge in [-0.25, -0.2) is 0 Å². The standard InChI is InChI=1S/C17H25NO2S/c1-3-12-6-7-15-13(9-12)10-16(21-15)17(19)18-11(2)14-5-4-8-20-14/h10-12,14H,3-9H2,1-2H3,(H,18,19)/t11-,12-,14-/m1/s1. The zero-order chi connectivity index (χ0) is 14.8. The zero-order valence-corrected chi connectivity index (χ0v) is 13.8. The van der Waals surface area contributed by atoms with Crippen molar-refractivity contribution in [3.63, 3.8) is 0 Å². The van der Waals surface area contributed by atoms with Crippen LogP contribution in [-0.4, -0.2) is 24.7 Å². The van der Waals surface area contributed by atoms with Gasteiger partial charge in [-0.3, -0.25) is 4.79 Å². The maximum absolute atomic E-state index is 12.4. The summed E-state index contributed by atoms with van der Waals surface area (Å²) in [5.41, 5.74) is 1.41. The Kier molecular flexibility index (Phi) is 4.65. The van der Waals surface area contributed by atoms with Gasteiger partial charge in [0.25, 0.3) is 5.91 Å². The van der Waals surface area contributed by atoms with Crippen LogP contribution in [0, 0.1) is 5.92 Å². The molecule has 2 aliphatic rings. The maximum atomic E-state index is 12.4. The van der Waals surface area contributed by atoms with Crippen molar-refractivity contribution >= 4 is 17.2 Å². The number of carbonyl (C=O) groups is 1. The SMILES string of the molecule is CC[C@@H]1CCc2sc(C(=O)N[C@H](C)[C@H]3CCCO3)cc2C1. The highest BCUT2D eigenvalue weighted by Crippen LogP contribution is 2.33. The molecule has 1 aliphatic carbocycles. The second-order valence-corrected chi connectivity index (χ2v) is 7.53. The largest absolute Gasteiger partial charge is 0.376 e. The fraction of sp³-hybridized carbons (Fsp3) is 0.706. The lowest BCUT2D eigenvalue weighted by Gasteiger charge is -2.19. The highest BCUT2D eigenvalue weighted by atomic mass is 32.1. The van der Waals surface area contributed by atoms with Crippen LogP contribution < -0.4 is 5.32 Å². The average molecular weight is 307 g/mol. The number of hydrogen-bond donors (Lipinski definition) is 1. The van der Waals surface area contributed by atoms with Gasteiger partial charge in [0.2, 0.25) is 0 Å². The number of ether oxygens (including phenoxy) is 1. The third-order valence-electron chi connectivity index (χ3n) is 4.87. The van der Waals surface area contributed by atoms with Gasteiger partial charge in [0.15, 0.2) is 0 Å². The minimum Gasteiger partial charge on any atom is -0.376 e. The number of hydrogen-bond acceptors (Lipinski definition) is 3. The van der Waals surface area contributed by atoms with E-state index in [2.05, 4.69) is 25.2 Å². The van der Waals surface area contributed by atoms with Crippen molar-refractivity contribution in [2.45, 2.75) is 64.5 Å². The van der Waals surface area contributed by atoms with E-state index in [1.807, 2.05) is 0 Å². The molecule has 21 heavy (non-hydrogen) atoms. The summed E-state index contributed by atoms with van der Waals surface area (Å²) in [4.78, 5) is 14.7. The second kappa shape index (κ2) is 6.49. The van der Waals surface area contributed by atoms with Gasteiger partial charge in [-0.05, 0) is 56.6 Å². The number of amides is 1. The Balaban J connectivity index is 1.64. The van der Waals surface area contributed by atoms with Gasteiger partial charge in [0.05, 0.1) is 17.0 Å². The molecule has 0 bridgehead atoms. The number of aryl methyl sites for hydroxylation is 1. The first-order valence-electron chi connectivity index (χ1n) is 8.21. The first kappa shape index (κ1) is 15.0. The summed E-state index contributed by atoms with van der Waals surface area (Å²) in [6.45, 7) is 5.14. The molecule has 1 amide bonds. The fourth-order valence-electron chi connectivity index (χ4n) is 3.43. The average Bonchev–Trinajstić information content (AvgIpc) is 3.15. The molecule has 1 aromatic heterocycles. The second-order valence-electron chi connectivity index (χ2n) is 6.39. The predicted octanol–water partition coefficient (Wildman–Crippen LogP) is 3.56. The van der Waals surface area contributed by atoms with Crippen LogP contribution in [-0.2, 0) is 17.6 Å². The molecule has 0 aromatic carbocycles. The Morgan fingerprint density at radius 2 is 2.38 bits per heavy atom. The van der Waals surface area contributed by atoms with Crippen molar-refractivity contribution in [3.8, 4) is 0 Å². The smallest absolute Gasteiger partial charge is 0.261 e. The Labute approximate surface area is 131 Å². The number of rotatable bonds is 4. The van der Waals surface area contributed by atoms with Crippen LogP contribution in [0.4, 0.5) is 0 Å². The number of carbonyl (C=O) groups excluding carboxylic acids is 1. The summed E-state index contributed by atoms with van der Waals surface area (Å²) in [6, 6.07) is 2.22. The lowest BCUT2D eigenvalue weighted by molar-refractivity contribution is 0.0714. The van der Waals surface area contributed by atoms with E-state index in [1.54, 1.807) is 11.3 Å². The summed E-state index contributed by atoms with van der Waals surface area (Å²) >= 11 is 1.69. The van der Waals surface area contributed by atoms with Crippen LogP contribution in [0.1, 0.15) is 59.6 Å². The number of fused-ring (bicyclic) bond motifs is 1. The van der Waals surface area contributed by atoms with Crippen LogP contribution in [0.25, 0.3) is 0 Å². The Morgan fingerprint density at radius 3 is 3.10 bits per heavy atom. The molecule has 4 heteroatoms. The molecular weight excluding hydrogens is 282 g/mol. The van der Waals surface area contributed by atoms with E-state index in [0.29, 0.717) is 0 Å². The third kappa shape index (κ3) is 3.32. The lowest BCUT2D eigenvalue weighted by Crippen LogP contribution is -2.40. The Morgan fingerprint density at radius 1 is 1.52 bits per heavy atom. The van der Waals surface area contributed by atoms with Crippen LogP contribution >= 0.6 is 11.3 Å². The van der Waals surface area contributed by atoms with Gasteiger partial charge >= 0.3 is 0 Å². The van der Waals surface area contributed by atoms with Gasteiger partial charge in [0.1, 0.15) is 0 Å². The maximum Gasteiger partial charge on any atom is 0.261 e. The molecule has 3 nitrogen and oxygen atoms in total. The molecule has 1 aliphatic heterocycles. The predicted molar refractivity (Wildman–Crippen MR) is 86.0 cm³/mol. The molecule has 1 fully saturated rings. The van der Waals surface area contributed by atoms with Crippen LogP contribution in [0.3, 0.4) is 0 Å². The van der Waals surface area contributed by atoms with Crippen molar-refractivity contribution in [2.75, 3.05) is 6.61 Å². The minimum atomic E-state index is 0.0745. The highest BCUT2D eigenvalue weighted by Gasteiger charge is 2.26. The Hall–Kier alpha value is -0.870. The summed E-state index contributed by atoms with van der Waals surface area (Å²) in [5, 5.41) is 3.12. The number of nitrogens with one attached hydrogen (secondary N) is 1. The normalized spacial score (nSPS) is 26.4. The van der Waals surface area contributed by atoms with E-state index in [1.165, 1.54) is 23.3 Å². The van der Waals surface area contributed by atoms with Crippen LogP contribution in [0.5, 0.6) is 0 Å². The molecule has 1 aromatic rings. The molecule has 0 radical (unpaired) electrons. The fourth-order valence-corrected chi connectivity index (χ4v) is 4.54. The van der Waals surface area contributed by atoms with Gasteiger partial charge in [-0.15, -0.1) is 11.3 Å². The van der Waals surface area contributed by atoms with E-state index in [9.17, 15) is 4.79 Å². The van der Waals surface area contributed by atoms with Crippen molar-refractivity contribution in [1.29, 1.82) is 0 Å². The first-order chi connectivity index (χ1) is 10.2. The van der Waals surface area contributed by atoms with Crippen LogP contribution in [0.2, 0.25) is 0 Å². The van der Waals surface area contributed by atoms with Crippen molar-refractivity contribution in [3.05, 3.63) is 21.4 Å². The summed E-state index contributed by atoms with van der Waals surface area (Å²) in [5.74, 6) is 0.874. The molecule has 0 unspecified atom stereocenters. The zero-order valence-electron chi connectivity index (χ0n) is 13.0. The van der Waals surface area contributed by atoms with E-state index < -0.39 is 0 Å². The molecule has 0 saturated carbocycles. The summed E-state index contributed by atoms with van der Waals surface area (Å²) < 4.78 is 5.65. The molecule has 0 spiro atoms. The van der Waals surface area contributed by atoms with Gasteiger partial charge in [0, 0.05) is 11.5 Å². The molecule has 3 rings (SSSR count). The molecule has 116 valence electrons. The van der Waals surface area contributed by atoms with Gasteiger partial charge < -0.3 is 10.1 Å². The molecule has 1 N–H and O–H groups in total. The topological polar surface area (TPSA) is 38.3 Å². The Bertz CT molecular complexity index is 505. The third-order valence-corrected chi connectivity index (χ3v) is 6.10. The molecule has 3 atom stereocenters. The van der Waals surface area contributed by atoms with Crippen LogP contribution in [0.15, 0.2) is 6.07 Å². The summed E-state index contributed by atoms with van der Waals surface area (Å²) in [7, 11) is 0. The quantitative estimate of drug-likeness (QED) is 0.923. The van der Waals surface area contributed by atoms with Crippen molar-refractivity contribution in [1.82, 2.24) is 5.32 Å². The summed E-state index contributed by atoms with van der Waals surface area (Å²) in [6.07, 6.45) is 7.17. The van der Waals surface area contributed by atoms with Gasteiger partial charge in [-0.1, -0.05) is 13.3 Å². The van der Waals surface area contributed by atoms with Crippen molar-refractivity contribution in [2.24, 2.45) is 5.92 Å². The van der Waals surface area contributed by atoms with Crippen molar-refractivity contribution < 1.29 is 9.53 Å². The molecule has 1 saturated heterocycles. The van der Waals surface area contributed by atoms with E-state index >= 15 is 0 Å². The number of thiophene rings is 1. The molecular formula is C17H25NO2S. The highest BCUT2D eigenvalue weighted by molar-refractivity contribution is 7.14. The van der Waals surface area contributed by atoms with E-state index in [-0.39, 0.29) is 18.1 Å². The van der Waals surface area contributed by atoms with E-state index in [4.69, 9.17) is 4.74 Å². The lowest BCUT2D eigenvalue weighted by atomic mass is 9.87. The van der Waals surface area contributed by atoms with E-state index in [0.717, 1.165) is 43.1 Å². The van der Waals surface area contributed by atoms with Gasteiger partial charge in [-0.2, -0.15) is 0 Å². The monoisotopic (exact) mass is 307 g/mol.